The number of rotatable bonds is 8. The number of hydrogen-bond acceptors (Lipinski definition) is 1. The molecule has 0 aromatic carbocycles. The SMILES string of the molecule is CC(C)=CCC/C(C)=C/CC/C(C)=C/CC(=O)N(C)C. The first-order valence-electron chi connectivity index (χ1n) is 7.47. The molecule has 0 saturated carbocycles. The molecule has 0 aliphatic rings. The summed E-state index contributed by atoms with van der Waals surface area (Å²) in [4.78, 5) is 13.1. The lowest BCUT2D eigenvalue weighted by Crippen LogP contribution is -2.20. The number of carbonyl (C=O) groups excluding carboxylic acids is 1. The van der Waals surface area contributed by atoms with Crippen molar-refractivity contribution in [1.29, 1.82) is 0 Å². The minimum Gasteiger partial charge on any atom is -0.349 e. The Morgan fingerprint density at radius 1 is 0.850 bits per heavy atom. The van der Waals surface area contributed by atoms with Gasteiger partial charge in [-0.25, -0.2) is 0 Å². The van der Waals surface area contributed by atoms with Crippen molar-refractivity contribution >= 4 is 5.91 Å². The Bertz CT molecular complexity index is 382. The van der Waals surface area contributed by atoms with Crippen LogP contribution in [-0.2, 0) is 4.79 Å². The van der Waals surface area contributed by atoms with E-state index in [-0.39, 0.29) is 5.91 Å². The molecule has 0 radical (unpaired) electrons. The van der Waals surface area contributed by atoms with Crippen molar-refractivity contribution < 1.29 is 4.79 Å². The zero-order valence-corrected chi connectivity index (χ0v) is 14.1. The molecule has 0 spiro atoms. The van der Waals surface area contributed by atoms with Crippen molar-refractivity contribution in [1.82, 2.24) is 4.90 Å². The fraction of sp³-hybridized carbons (Fsp3) is 0.611. The van der Waals surface area contributed by atoms with Gasteiger partial charge in [0.05, 0.1) is 0 Å². The van der Waals surface area contributed by atoms with Gasteiger partial charge in [-0.15, -0.1) is 0 Å². The van der Waals surface area contributed by atoms with Crippen LogP contribution in [0.1, 0.15) is 59.8 Å². The first-order chi connectivity index (χ1) is 9.32. The summed E-state index contributed by atoms with van der Waals surface area (Å²) in [5.41, 5.74) is 4.15. The minimum absolute atomic E-state index is 0.165. The van der Waals surface area contributed by atoms with E-state index >= 15 is 0 Å². The van der Waals surface area contributed by atoms with Crippen LogP contribution in [0.25, 0.3) is 0 Å². The predicted molar refractivity (Wildman–Crippen MR) is 88.7 cm³/mol. The van der Waals surface area contributed by atoms with Gasteiger partial charge in [-0.3, -0.25) is 4.79 Å². The smallest absolute Gasteiger partial charge is 0.225 e. The zero-order chi connectivity index (χ0) is 15.5. The Morgan fingerprint density at radius 2 is 1.35 bits per heavy atom. The van der Waals surface area contributed by atoms with Gasteiger partial charge >= 0.3 is 0 Å². The van der Waals surface area contributed by atoms with Gasteiger partial charge in [0.2, 0.25) is 5.91 Å². The molecule has 0 aromatic heterocycles. The molecule has 20 heavy (non-hydrogen) atoms. The van der Waals surface area contributed by atoms with Gasteiger partial charge in [-0.2, -0.15) is 0 Å². The van der Waals surface area contributed by atoms with Crippen molar-refractivity contribution in [2.45, 2.75) is 59.8 Å². The van der Waals surface area contributed by atoms with Crippen molar-refractivity contribution in [3.05, 3.63) is 34.9 Å². The molecule has 0 atom stereocenters. The van der Waals surface area contributed by atoms with E-state index in [0.29, 0.717) is 6.42 Å². The molecule has 0 unspecified atom stereocenters. The summed E-state index contributed by atoms with van der Waals surface area (Å²) in [5.74, 6) is 0.165. The first-order valence-corrected chi connectivity index (χ1v) is 7.47. The molecule has 0 heterocycles. The highest BCUT2D eigenvalue weighted by Crippen LogP contribution is 2.11. The third-order valence-corrected chi connectivity index (χ3v) is 3.25. The van der Waals surface area contributed by atoms with E-state index in [2.05, 4.69) is 45.9 Å². The Balaban J connectivity index is 4.00. The lowest BCUT2D eigenvalue weighted by molar-refractivity contribution is -0.127. The van der Waals surface area contributed by atoms with Crippen molar-refractivity contribution in [2.75, 3.05) is 14.1 Å². The number of hydrogen-bond donors (Lipinski definition) is 0. The van der Waals surface area contributed by atoms with E-state index in [1.165, 1.54) is 16.7 Å². The number of amides is 1. The maximum Gasteiger partial charge on any atom is 0.225 e. The van der Waals surface area contributed by atoms with Gasteiger partial charge in [-0.1, -0.05) is 34.9 Å². The molecule has 0 aliphatic heterocycles. The lowest BCUT2D eigenvalue weighted by Gasteiger charge is -2.08. The van der Waals surface area contributed by atoms with Crippen LogP contribution in [0, 0.1) is 0 Å². The van der Waals surface area contributed by atoms with Crippen LogP contribution >= 0.6 is 0 Å². The average molecular weight is 277 g/mol. The van der Waals surface area contributed by atoms with Gasteiger partial charge in [0.25, 0.3) is 0 Å². The van der Waals surface area contributed by atoms with Crippen LogP contribution in [0.3, 0.4) is 0 Å². The highest BCUT2D eigenvalue weighted by molar-refractivity contribution is 5.77. The van der Waals surface area contributed by atoms with Crippen molar-refractivity contribution in [2.24, 2.45) is 0 Å². The van der Waals surface area contributed by atoms with E-state index in [1.54, 1.807) is 19.0 Å². The second-order valence-electron chi connectivity index (χ2n) is 5.95. The topological polar surface area (TPSA) is 20.3 Å². The molecule has 2 heteroatoms. The van der Waals surface area contributed by atoms with Crippen LogP contribution in [0.4, 0.5) is 0 Å². The van der Waals surface area contributed by atoms with Gasteiger partial charge in [0.15, 0.2) is 0 Å². The molecule has 0 aromatic rings. The van der Waals surface area contributed by atoms with E-state index in [4.69, 9.17) is 0 Å². The Morgan fingerprint density at radius 3 is 1.85 bits per heavy atom. The molecule has 0 rings (SSSR count). The summed E-state index contributed by atoms with van der Waals surface area (Å²) in [6.07, 6.45) is 11.6. The highest BCUT2D eigenvalue weighted by atomic mass is 16.2. The minimum atomic E-state index is 0.165. The summed E-state index contributed by atoms with van der Waals surface area (Å²) in [7, 11) is 3.59. The third kappa shape index (κ3) is 10.6. The lowest BCUT2D eigenvalue weighted by atomic mass is 10.1. The van der Waals surface area contributed by atoms with Crippen molar-refractivity contribution in [3.63, 3.8) is 0 Å². The molecule has 0 aliphatic carbocycles. The van der Waals surface area contributed by atoms with E-state index in [1.807, 2.05) is 0 Å². The summed E-state index contributed by atoms with van der Waals surface area (Å²) >= 11 is 0. The Hall–Kier alpha value is -1.31. The predicted octanol–water partition coefficient (Wildman–Crippen LogP) is 4.88. The molecule has 0 fully saturated rings. The molecule has 114 valence electrons. The second-order valence-corrected chi connectivity index (χ2v) is 5.95. The van der Waals surface area contributed by atoms with Gasteiger partial charge in [0, 0.05) is 20.5 Å². The first kappa shape index (κ1) is 18.7. The van der Waals surface area contributed by atoms with Crippen LogP contribution in [0.5, 0.6) is 0 Å². The van der Waals surface area contributed by atoms with Crippen LogP contribution in [0.2, 0.25) is 0 Å². The molecule has 2 nitrogen and oxygen atoms in total. The summed E-state index contributed by atoms with van der Waals surface area (Å²) < 4.78 is 0. The Kier molecular flexibility index (Phi) is 9.79. The van der Waals surface area contributed by atoms with Crippen LogP contribution in [-0.4, -0.2) is 24.9 Å². The fourth-order valence-corrected chi connectivity index (χ4v) is 1.78. The number of allylic oxidation sites excluding steroid dienone is 5. The fourth-order valence-electron chi connectivity index (χ4n) is 1.78. The monoisotopic (exact) mass is 277 g/mol. The zero-order valence-electron chi connectivity index (χ0n) is 14.1. The van der Waals surface area contributed by atoms with E-state index in [0.717, 1.165) is 25.7 Å². The third-order valence-electron chi connectivity index (χ3n) is 3.25. The van der Waals surface area contributed by atoms with Crippen LogP contribution in [0.15, 0.2) is 34.9 Å². The van der Waals surface area contributed by atoms with Crippen LogP contribution < -0.4 is 0 Å². The standard InChI is InChI=1S/C18H31NO/c1-15(2)9-7-10-16(3)11-8-12-17(4)13-14-18(20)19(5)6/h9,11,13H,7-8,10,12,14H2,1-6H3/b16-11+,17-13+. The number of nitrogens with zero attached hydrogens (tertiary/aromatic N) is 1. The highest BCUT2D eigenvalue weighted by Gasteiger charge is 2.00. The maximum atomic E-state index is 11.5. The van der Waals surface area contributed by atoms with Gasteiger partial charge in [0.1, 0.15) is 0 Å². The maximum absolute atomic E-state index is 11.5. The van der Waals surface area contributed by atoms with Gasteiger partial charge in [-0.05, 0) is 53.4 Å². The Labute approximate surface area is 125 Å². The van der Waals surface area contributed by atoms with E-state index in [9.17, 15) is 4.79 Å². The number of carbonyl (C=O) groups is 1. The molecule has 1 amide bonds. The average Bonchev–Trinajstić information content (AvgIpc) is 2.35. The molecule has 0 bridgehead atoms. The molecular weight excluding hydrogens is 246 g/mol. The normalized spacial score (nSPS) is 12.3. The largest absolute Gasteiger partial charge is 0.349 e. The quantitative estimate of drug-likeness (QED) is 0.579. The van der Waals surface area contributed by atoms with E-state index < -0.39 is 0 Å². The molecule has 0 saturated heterocycles. The molecule has 0 N–H and O–H groups in total. The summed E-state index contributed by atoms with van der Waals surface area (Å²) in [5, 5.41) is 0. The van der Waals surface area contributed by atoms with Crippen molar-refractivity contribution in [3.8, 4) is 0 Å². The van der Waals surface area contributed by atoms with Gasteiger partial charge < -0.3 is 4.90 Å². The second kappa shape index (κ2) is 10.5. The molecular formula is C18H31NO. The summed E-state index contributed by atoms with van der Waals surface area (Å²) in [6.45, 7) is 8.59. The summed E-state index contributed by atoms with van der Waals surface area (Å²) in [6, 6.07) is 0.